The Bertz CT molecular complexity index is 787. The monoisotopic (exact) mass is 376 g/mol. The molecule has 0 spiro atoms. The third-order valence-electron chi connectivity index (χ3n) is 4.84. The number of benzene rings is 2. The molecule has 3 rings (SSSR count). The van der Waals surface area contributed by atoms with Gasteiger partial charge in [0.2, 0.25) is 0 Å². The predicted molar refractivity (Wildman–Crippen MR) is 99.5 cm³/mol. The van der Waals surface area contributed by atoms with Crippen LogP contribution >= 0.6 is 0 Å². The highest BCUT2D eigenvalue weighted by Crippen LogP contribution is 2.34. The molecule has 1 fully saturated rings. The lowest BCUT2D eigenvalue weighted by Gasteiger charge is -2.30. The molecule has 144 valence electrons. The van der Waals surface area contributed by atoms with Gasteiger partial charge >= 0.3 is 6.18 Å². The van der Waals surface area contributed by atoms with Crippen molar-refractivity contribution in [3.05, 3.63) is 65.2 Å². The number of alkyl halides is 3. The molecule has 1 saturated heterocycles. The van der Waals surface area contributed by atoms with Gasteiger partial charge < -0.3 is 5.32 Å². The number of hydrogen-bond donors (Lipinski definition) is 1. The van der Waals surface area contributed by atoms with E-state index in [0.29, 0.717) is 11.5 Å². The van der Waals surface area contributed by atoms with E-state index in [4.69, 9.17) is 0 Å². The van der Waals surface area contributed by atoms with E-state index in [1.807, 2.05) is 12.1 Å². The summed E-state index contributed by atoms with van der Waals surface area (Å²) in [5.41, 5.74) is 0.342. The molecule has 1 amide bonds. The second kappa shape index (κ2) is 8.13. The molecular weight excluding hydrogens is 353 g/mol. The van der Waals surface area contributed by atoms with Crippen molar-refractivity contribution in [2.24, 2.45) is 5.92 Å². The molecule has 0 aromatic heterocycles. The number of rotatable bonds is 4. The van der Waals surface area contributed by atoms with Gasteiger partial charge in [0.15, 0.2) is 0 Å². The first-order chi connectivity index (χ1) is 12.8. The Morgan fingerprint density at radius 2 is 1.85 bits per heavy atom. The van der Waals surface area contributed by atoms with Gasteiger partial charge in [0, 0.05) is 18.7 Å². The summed E-state index contributed by atoms with van der Waals surface area (Å²) in [5.74, 6) is 0.141. The molecule has 0 radical (unpaired) electrons. The highest BCUT2D eigenvalue weighted by molar-refractivity contribution is 6.04. The summed E-state index contributed by atoms with van der Waals surface area (Å²) in [6.07, 6.45) is -2.06. The van der Waals surface area contributed by atoms with E-state index in [9.17, 15) is 18.0 Å². The van der Waals surface area contributed by atoms with Crippen LogP contribution in [0.25, 0.3) is 0 Å². The molecule has 0 saturated carbocycles. The number of nitrogens with one attached hydrogen (secondary N) is 1. The zero-order valence-corrected chi connectivity index (χ0v) is 15.2. The van der Waals surface area contributed by atoms with Crippen molar-refractivity contribution in [1.82, 2.24) is 4.90 Å². The number of carbonyl (C=O) groups is 1. The lowest BCUT2D eigenvalue weighted by molar-refractivity contribution is -0.136. The number of anilines is 1. The fraction of sp³-hybridized carbons (Fsp3) is 0.381. The summed E-state index contributed by atoms with van der Waals surface area (Å²) in [4.78, 5) is 14.7. The first-order valence-electron chi connectivity index (χ1n) is 9.12. The number of halogens is 3. The number of piperidine rings is 1. The van der Waals surface area contributed by atoms with E-state index in [1.165, 1.54) is 31.0 Å². The molecular formula is C21H23F3N2O. The fourth-order valence-electron chi connectivity index (χ4n) is 3.48. The molecule has 6 heteroatoms. The number of likely N-dealkylation sites (tertiary alicyclic amines) is 1. The van der Waals surface area contributed by atoms with Crippen molar-refractivity contribution in [3.63, 3.8) is 0 Å². The van der Waals surface area contributed by atoms with Crippen LogP contribution in [0.15, 0.2) is 48.5 Å². The Kier molecular flexibility index (Phi) is 5.85. The first kappa shape index (κ1) is 19.4. The summed E-state index contributed by atoms with van der Waals surface area (Å²) in [5, 5.41) is 2.37. The second-order valence-electron chi connectivity index (χ2n) is 7.18. The molecule has 1 aliphatic rings. The molecule has 2 aromatic carbocycles. The Morgan fingerprint density at radius 1 is 1.15 bits per heavy atom. The quantitative estimate of drug-likeness (QED) is 0.796. The van der Waals surface area contributed by atoms with Crippen molar-refractivity contribution in [2.75, 3.05) is 18.4 Å². The van der Waals surface area contributed by atoms with Gasteiger partial charge in [-0.25, -0.2) is 0 Å². The van der Waals surface area contributed by atoms with E-state index in [2.05, 4.69) is 17.1 Å². The van der Waals surface area contributed by atoms with Crippen LogP contribution in [0.5, 0.6) is 0 Å². The van der Waals surface area contributed by atoms with Crippen molar-refractivity contribution >= 4 is 11.6 Å². The topological polar surface area (TPSA) is 32.3 Å². The Labute approximate surface area is 157 Å². The molecule has 0 unspecified atom stereocenters. The first-order valence-corrected chi connectivity index (χ1v) is 9.12. The molecule has 1 N–H and O–H groups in total. The Morgan fingerprint density at radius 3 is 2.52 bits per heavy atom. The summed E-state index contributed by atoms with van der Waals surface area (Å²) in [6, 6.07) is 12.0. The maximum absolute atomic E-state index is 13.0. The van der Waals surface area contributed by atoms with E-state index < -0.39 is 17.6 Å². The standard InChI is InChI=1S/C21H23F3N2O/c1-15-5-4-12-26(13-15)14-16-8-10-17(11-9-16)20(27)25-19-7-3-2-6-18(19)21(22,23)24/h2-3,6-11,15H,4-5,12-14H2,1H3,(H,25,27)/t15-/m1/s1. The number of amides is 1. The summed E-state index contributed by atoms with van der Waals surface area (Å²) in [7, 11) is 0. The van der Waals surface area contributed by atoms with Gasteiger partial charge in [-0.1, -0.05) is 31.2 Å². The van der Waals surface area contributed by atoms with Crippen LogP contribution in [0.4, 0.5) is 18.9 Å². The summed E-state index contributed by atoms with van der Waals surface area (Å²) >= 11 is 0. The lowest BCUT2D eigenvalue weighted by atomic mass is 9.99. The maximum Gasteiger partial charge on any atom is 0.418 e. The van der Waals surface area contributed by atoms with Crippen LogP contribution < -0.4 is 5.32 Å². The van der Waals surface area contributed by atoms with Gasteiger partial charge in [-0.2, -0.15) is 13.2 Å². The summed E-state index contributed by atoms with van der Waals surface area (Å²) < 4.78 is 39.1. The van der Waals surface area contributed by atoms with Gasteiger partial charge in [-0.15, -0.1) is 0 Å². The number of carbonyl (C=O) groups excluding carboxylic acids is 1. The largest absolute Gasteiger partial charge is 0.418 e. The van der Waals surface area contributed by atoms with Crippen LogP contribution in [0.2, 0.25) is 0 Å². The molecule has 1 atom stereocenters. The van der Waals surface area contributed by atoms with Crippen molar-refractivity contribution in [3.8, 4) is 0 Å². The van der Waals surface area contributed by atoms with Crippen LogP contribution in [-0.2, 0) is 12.7 Å². The van der Waals surface area contributed by atoms with Crippen molar-refractivity contribution < 1.29 is 18.0 Å². The van der Waals surface area contributed by atoms with Gasteiger partial charge in [0.25, 0.3) is 5.91 Å². The third kappa shape index (κ3) is 5.10. The minimum absolute atomic E-state index is 0.235. The average Bonchev–Trinajstić information content (AvgIpc) is 2.62. The smallest absolute Gasteiger partial charge is 0.321 e. The zero-order valence-electron chi connectivity index (χ0n) is 15.2. The van der Waals surface area contributed by atoms with Gasteiger partial charge in [-0.05, 0) is 55.1 Å². The average molecular weight is 376 g/mol. The van der Waals surface area contributed by atoms with Crippen molar-refractivity contribution in [1.29, 1.82) is 0 Å². The van der Waals surface area contributed by atoms with Crippen LogP contribution in [0, 0.1) is 5.92 Å². The van der Waals surface area contributed by atoms with E-state index in [1.54, 1.807) is 12.1 Å². The van der Waals surface area contributed by atoms with Crippen LogP contribution in [-0.4, -0.2) is 23.9 Å². The molecule has 0 aliphatic carbocycles. The third-order valence-corrected chi connectivity index (χ3v) is 4.84. The minimum Gasteiger partial charge on any atom is -0.321 e. The fourth-order valence-corrected chi connectivity index (χ4v) is 3.48. The Balaban J connectivity index is 1.66. The van der Waals surface area contributed by atoms with Gasteiger partial charge in [-0.3, -0.25) is 9.69 Å². The SMILES string of the molecule is C[C@@H]1CCCN(Cc2ccc(C(=O)Nc3ccccc3C(F)(F)F)cc2)C1. The number of para-hydroxylation sites is 1. The second-order valence-corrected chi connectivity index (χ2v) is 7.18. The molecule has 1 heterocycles. The highest BCUT2D eigenvalue weighted by Gasteiger charge is 2.33. The number of hydrogen-bond acceptors (Lipinski definition) is 2. The van der Waals surface area contributed by atoms with Gasteiger partial charge in [0.05, 0.1) is 11.3 Å². The van der Waals surface area contributed by atoms with E-state index >= 15 is 0 Å². The predicted octanol–water partition coefficient (Wildman–Crippen LogP) is 5.19. The lowest BCUT2D eigenvalue weighted by Crippen LogP contribution is -2.33. The highest BCUT2D eigenvalue weighted by atomic mass is 19.4. The van der Waals surface area contributed by atoms with E-state index in [-0.39, 0.29) is 5.69 Å². The van der Waals surface area contributed by atoms with E-state index in [0.717, 1.165) is 31.3 Å². The van der Waals surface area contributed by atoms with Crippen LogP contribution in [0.3, 0.4) is 0 Å². The molecule has 2 aromatic rings. The van der Waals surface area contributed by atoms with Gasteiger partial charge in [0.1, 0.15) is 0 Å². The molecule has 27 heavy (non-hydrogen) atoms. The van der Waals surface area contributed by atoms with Crippen LogP contribution in [0.1, 0.15) is 41.3 Å². The molecule has 3 nitrogen and oxygen atoms in total. The van der Waals surface area contributed by atoms with Crippen molar-refractivity contribution in [2.45, 2.75) is 32.5 Å². The molecule has 0 bridgehead atoms. The summed E-state index contributed by atoms with van der Waals surface area (Å²) in [6.45, 7) is 5.21. The normalized spacial score (nSPS) is 18.3. The maximum atomic E-state index is 13.0. The minimum atomic E-state index is -4.51. The zero-order chi connectivity index (χ0) is 19.4. The number of nitrogens with zero attached hydrogens (tertiary/aromatic N) is 1. The Hall–Kier alpha value is -2.34. The molecule has 1 aliphatic heterocycles.